The molecule has 2 aromatic carbocycles. The Morgan fingerprint density at radius 2 is 1.76 bits per heavy atom. The Labute approximate surface area is 213 Å². The lowest BCUT2D eigenvalue weighted by molar-refractivity contribution is -0.121. The van der Waals surface area contributed by atoms with Crippen molar-refractivity contribution in [2.45, 2.75) is 20.0 Å². The molecule has 1 N–H and O–H groups in total. The summed E-state index contributed by atoms with van der Waals surface area (Å²) in [6.45, 7) is 2.64. The molecular formula is C27H27N5O5. The number of aromatic nitrogens is 4. The molecule has 0 fully saturated rings. The molecule has 0 spiro atoms. The average molecular weight is 502 g/mol. The molecule has 0 unspecified atom stereocenters. The molecule has 1 amide bonds. The van der Waals surface area contributed by atoms with Gasteiger partial charge in [-0.3, -0.25) is 19.0 Å². The Balaban J connectivity index is 1.36. The van der Waals surface area contributed by atoms with Crippen LogP contribution in [-0.4, -0.2) is 45.5 Å². The van der Waals surface area contributed by atoms with Crippen molar-refractivity contribution in [1.29, 1.82) is 0 Å². The smallest absolute Gasteiger partial charge is 0.267 e. The van der Waals surface area contributed by atoms with Crippen LogP contribution in [-0.2, 0) is 17.9 Å². The number of carbonyl (C=O) groups excluding carboxylic acids is 1. The van der Waals surface area contributed by atoms with E-state index >= 15 is 0 Å². The first-order valence-electron chi connectivity index (χ1n) is 11.8. The summed E-state index contributed by atoms with van der Waals surface area (Å²) in [5.41, 5.74) is 1.92. The third kappa shape index (κ3) is 6.29. The summed E-state index contributed by atoms with van der Waals surface area (Å²) in [5, 5.41) is 7.03. The molecule has 37 heavy (non-hydrogen) atoms. The summed E-state index contributed by atoms with van der Waals surface area (Å²) in [6.07, 6.45) is 1.45. The van der Waals surface area contributed by atoms with E-state index in [1.165, 1.54) is 23.0 Å². The molecule has 0 saturated carbocycles. The summed E-state index contributed by atoms with van der Waals surface area (Å²) in [6, 6.07) is 19.0. The van der Waals surface area contributed by atoms with Crippen LogP contribution in [0.3, 0.4) is 0 Å². The SMILES string of the molecule is CCOc1ccc(-c2cc(=O)n(CCNC(=O)Cn3nc(-c4ccccc4OC)ccc3=O)cn2)cc1. The number of rotatable bonds is 10. The largest absolute Gasteiger partial charge is 0.496 e. The molecule has 190 valence electrons. The van der Waals surface area contributed by atoms with Crippen molar-refractivity contribution in [1.82, 2.24) is 24.6 Å². The van der Waals surface area contributed by atoms with Crippen LogP contribution in [0.15, 0.2) is 82.6 Å². The fourth-order valence-corrected chi connectivity index (χ4v) is 3.71. The molecule has 4 aromatic rings. The molecule has 2 heterocycles. The van der Waals surface area contributed by atoms with Gasteiger partial charge in [0.2, 0.25) is 5.91 Å². The lowest BCUT2D eigenvalue weighted by atomic mass is 10.1. The number of ether oxygens (including phenoxy) is 2. The molecule has 0 bridgehead atoms. The van der Waals surface area contributed by atoms with Crippen molar-refractivity contribution in [2.75, 3.05) is 20.3 Å². The molecule has 0 saturated heterocycles. The van der Waals surface area contributed by atoms with E-state index in [1.54, 1.807) is 19.2 Å². The van der Waals surface area contributed by atoms with Crippen LogP contribution < -0.4 is 25.9 Å². The molecular weight excluding hydrogens is 474 g/mol. The number of hydrogen-bond acceptors (Lipinski definition) is 7. The monoisotopic (exact) mass is 501 g/mol. The summed E-state index contributed by atoms with van der Waals surface area (Å²) < 4.78 is 13.3. The van der Waals surface area contributed by atoms with Gasteiger partial charge in [0.05, 0.1) is 31.4 Å². The zero-order chi connectivity index (χ0) is 26.2. The minimum Gasteiger partial charge on any atom is -0.496 e. The van der Waals surface area contributed by atoms with Gasteiger partial charge in [-0.2, -0.15) is 5.10 Å². The molecule has 10 nitrogen and oxygen atoms in total. The van der Waals surface area contributed by atoms with Gasteiger partial charge in [0.15, 0.2) is 0 Å². The van der Waals surface area contributed by atoms with E-state index in [0.717, 1.165) is 16.0 Å². The number of nitrogens with one attached hydrogen (secondary N) is 1. The average Bonchev–Trinajstić information content (AvgIpc) is 2.91. The molecule has 0 radical (unpaired) electrons. The first-order valence-corrected chi connectivity index (χ1v) is 11.8. The second-order valence-corrected chi connectivity index (χ2v) is 8.03. The number of carbonyl (C=O) groups is 1. The minimum atomic E-state index is -0.404. The highest BCUT2D eigenvalue weighted by Gasteiger charge is 2.11. The molecule has 0 aliphatic carbocycles. The van der Waals surface area contributed by atoms with Crippen LogP contribution in [0, 0.1) is 0 Å². The first-order chi connectivity index (χ1) is 18.0. The van der Waals surface area contributed by atoms with Gasteiger partial charge in [-0.1, -0.05) is 12.1 Å². The maximum absolute atomic E-state index is 12.5. The van der Waals surface area contributed by atoms with Crippen molar-refractivity contribution < 1.29 is 14.3 Å². The summed E-state index contributed by atoms with van der Waals surface area (Å²) >= 11 is 0. The second kappa shape index (κ2) is 11.8. The summed E-state index contributed by atoms with van der Waals surface area (Å²) in [5.74, 6) is 0.954. The van der Waals surface area contributed by atoms with E-state index in [-0.39, 0.29) is 25.2 Å². The lowest BCUT2D eigenvalue weighted by Gasteiger charge is -2.11. The lowest BCUT2D eigenvalue weighted by Crippen LogP contribution is -2.36. The van der Waals surface area contributed by atoms with Gasteiger partial charge in [-0.15, -0.1) is 0 Å². The normalized spacial score (nSPS) is 10.6. The van der Waals surface area contributed by atoms with Gasteiger partial charge < -0.3 is 14.8 Å². The molecule has 4 rings (SSSR count). The Bertz CT molecular complexity index is 1490. The maximum Gasteiger partial charge on any atom is 0.267 e. The number of hydrogen-bond donors (Lipinski definition) is 1. The van der Waals surface area contributed by atoms with Crippen LogP contribution in [0.1, 0.15) is 6.92 Å². The molecule has 0 atom stereocenters. The predicted octanol–water partition coefficient (Wildman–Crippen LogP) is 2.36. The van der Waals surface area contributed by atoms with Crippen LogP contribution >= 0.6 is 0 Å². The molecule has 0 aliphatic rings. The molecule has 0 aliphatic heterocycles. The fourth-order valence-electron chi connectivity index (χ4n) is 3.71. The summed E-state index contributed by atoms with van der Waals surface area (Å²) in [7, 11) is 1.55. The van der Waals surface area contributed by atoms with Gasteiger partial charge in [0.25, 0.3) is 11.1 Å². The standard InChI is InChI=1S/C27H27N5O5/c1-3-37-20-10-8-19(9-11-20)23-16-27(35)31(18-29-23)15-14-28-25(33)17-32-26(34)13-12-22(30-32)21-6-4-5-7-24(21)36-2/h4-13,16,18H,3,14-15,17H2,1-2H3,(H,28,33). The summed E-state index contributed by atoms with van der Waals surface area (Å²) in [4.78, 5) is 41.6. The van der Waals surface area contributed by atoms with Crippen molar-refractivity contribution in [2.24, 2.45) is 0 Å². The van der Waals surface area contributed by atoms with Gasteiger partial charge >= 0.3 is 0 Å². The predicted molar refractivity (Wildman–Crippen MR) is 139 cm³/mol. The van der Waals surface area contributed by atoms with Crippen LogP contribution in [0.5, 0.6) is 11.5 Å². The molecule has 2 aromatic heterocycles. The van der Waals surface area contributed by atoms with E-state index in [1.807, 2.05) is 49.4 Å². The highest BCUT2D eigenvalue weighted by Crippen LogP contribution is 2.27. The zero-order valence-corrected chi connectivity index (χ0v) is 20.6. The number of para-hydroxylation sites is 1. The van der Waals surface area contributed by atoms with Gasteiger partial charge in [0.1, 0.15) is 18.0 Å². The number of benzene rings is 2. The Morgan fingerprint density at radius 1 is 0.973 bits per heavy atom. The first kappa shape index (κ1) is 25.4. The van der Waals surface area contributed by atoms with Crippen LogP contribution in [0.25, 0.3) is 22.5 Å². The van der Waals surface area contributed by atoms with E-state index < -0.39 is 11.5 Å². The van der Waals surface area contributed by atoms with E-state index in [4.69, 9.17) is 9.47 Å². The van der Waals surface area contributed by atoms with E-state index in [9.17, 15) is 14.4 Å². The van der Waals surface area contributed by atoms with Crippen molar-refractivity contribution >= 4 is 5.91 Å². The number of methoxy groups -OCH3 is 1. The fraction of sp³-hybridized carbons (Fsp3) is 0.222. The third-order valence-electron chi connectivity index (χ3n) is 5.56. The molecule has 10 heteroatoms. The van der Waals surface area contributed by atoms with Gasteiger partial charge in [0, 0.05) is 36.3 Å². The Hall–Kier alpha value is -4.73. The van der Waals surface area contributed by atoms with Crippen molar-refractivity contribution in [3.8, 4) is 34.0 Å². The van der Waals surface area contributed by atoms with Crippen LogP contribution in [0.4, 0.5) is 0 Å². The Kier molecular flexibility index (Phi) is 8.09. The Morgan fingerprint density at radius 3 is 2.49 bits per heavy atom. The topological polar surface area (TPSA) is 117 Å². The van der Waals surface area contributed by atoms with Crippen molar-refractivity contribution in [3.05, 3.63) is 93.8 Å². The van der Waals surface area contributed by atoms with Crippen LogP contribution in [0.2, 0.25) is 0 Å². The number of amides is 1. The number of nitrogens with zero attached hydrogens (tertiary/aromatic N) is 4. The van der Waals surface area contributed by atoms with Gasteiger partial charge in [-0.05, 0) is 49.4 Å². The minimum absolute atomic E-state index is 0.184. The van der Waals surface area contributed by atoms with E-state index in [0.29, 0.717) is 29.3 Å². The van der Waals surface area contributed by atoms with Gasteiger partial charge in [-0.25, -0.2) is 9.67 Å². The maximum atomic E-state index is 12.5. The van der Waals surface area contributed by atoms with Crippen molar-refractivity contribution in [3.63, 3.8) is 0 Å². The highest BCUT2D eigenvalue weighted by atomic mass is 16.5. The zero-order valence-electron chi connectivity index (χ0n) is 20.6. The highest BCUT2D eigenvalue weighted by molar-refractivity contribution is 5.75. The quantitative estimate of drug-likeness (QED) is 0.354. The van der Waals surface area contributed by atoms with E-state index in [2.05, 4.69) is 15.4 Å². The third-order valence-corrected chi connectivity index (χ3v) is 5.56. The second-order valence-electron chi connectivity index (χ2n) is 8.03.